The van der Waals surface area contributed by atoms with E-state index in [1.54, 1.807) is 17.9 Å². The first-order valence-electron chi connectivity index (χ1n) is 6.04. The number of amides is 1. The van der Waals surface area contributed by atoms with Gasteiger partial charge in [0.1, 0.15) is 11.8 Å². The maximum absolute atomic E-state index is 12.3. The van der Waals surface area contributed by atoms with Gasteiger partial charge in [-0.2, -0.15) is 5.26 Å². The first kappa shape index (κ1) is 13.5. The number of carbonyl (C=O) groups is 1. The highest BCUT2D eigenvalue weighted by Gasteiger charge is 2.28. The Morgan fingerprint density at radius 1 is 1.68 bits per heavy atom. The number of nitriles is 1. The molecule has 2 heterocycles. The van der Waals surface area contributed by atoms with Crippen molar-refractivity contribution in [3.8, 4) is 6.07 Å². The Kier molecular flexibility index (Phi) is 4.10. The molecule has 1 atom stereocenters. The van der Waals surface area contributed by atoms with Gasteiger partial charge in [0, 0.05) is 6.54 Å². The standard InChI is InChI=1S/C13H15N3O3/c1-9-10(6-14)2-3-12(15-9)13(18)16-4-5-19-8-11(16)7-17/h2-3,11,17H,4-5,7-8H2,1H3. The minimum absolute atomic E-state index is 0.138. The second-order valence-corrected chi connectivity index (χ2v) is 4.35. The molecule has 1 fully saturated rings. The zero-order valence-electron chi connectivity index (χ0n) is 10.7. The summed E-state index contributed by atoms with van der Waals surface area (Å²) in [6.45, 7) is 2.78. The van der Waals surface area contributed by atoms with Gasteiger partial charge in [-0.15, -0.1) is 0 Å². The lowest BCUT2D eigenvalue weighted by atomic mass is 10.1. The van der Waals surface area contributed by atoms with Gasteiger partial charge in [-0.3, -0.25) is 4.79 Å². The molecule has 0 aromatic carbocycles. The average molecular weight is 261 g/mol. The zero-order valence-corrected chi connectivity index (χ0v) is 10.7. The maximum Gasteiger partial charge on any atom is 0.272 e. The fraction of sp³-hybridized carbons (Fsp3) is 0.462. The van der Waals surface area contributed by atoms with Crippen molar-refractivity contribution >= 4 is 5.91 Å². The van der Waals surface area contributed by atoms with E-state index in [0.717, 1.165) is 0 Å². The number of aryl methyl sites for hydroxylation is 1. The van der Waals surface area contributed by atoms with E-state index < -0.39 is 0 Å². The van der Waals surface area contributed by atoms with Crippen LogP contribution in [-0.4, -0.2) is 53.3 Å². The van der Waals surface area contributed by atoms with Crippen molar-refractivity contribution in [1.82, 2.24) is 9.88 Å². The van der Waals surface area contributed by atoms with Crippen LogP contribution < -0.4 is 0 Å². The Bertz CT molecular complexity index is 524. The number of hydrogen-bond acceptors (Lipinski definition) is 5. The molecule has 0 saturated carbocycles. The number of ether oxygens (including phenoxy) is 1. The van der Waals surface area contributed by atoms with Gasteiger partial charge < -0.3 is 14.7 Å². The van der Waals surface area contributed by atoms with Crippen LogP contribution in [0.25, 0.3) is 0 Å². The molecule has 1 aromatic heterocycles. The topological polar surface area (TPSA) is 86.5 Å². The number of aliphatic hydroxyl groups is 1. The normalized spacial score (nSPS) is 19.0. The highest BCUT2D eigenvalue weighted by molar-refractivity contribution is 5.92. The van der Waals surface area contributed by atoms with Crippen LogP contribution in [0.5, 0.6) is 0 Å². The SMILES string of the molecule is Cc1nc(C(=O)N2CCOCC2CO)ccc1C#N. The molecule has 1 aromatic rings. The monoisotopic (exact) mass is 261 g/mol. The molecular formula is C13H15N3O3. The van der Waals surface area contributed by atoms with Crippen LogP contribution in [0.1, 0.15) is 21.7 Å². The molecule has 1 aliphatic rings. The van der Waals surface area contributed by atoms with Crippen LogP contribution in [0.15, 0.2) is 12.1 Å². The quantitative estimate of drug-likeness (QED) is 0.815. The third-order valence-corrected chi connectivity index (χ3v) is 3.12. The zero-order chi connectivity index (χ0) is 13.8. The van der Waals surface area contributed by atoms with Crippen molar-refractivity contribution in [2.24, 2.45) is 0 Å². The highest BCUT2D eigenvalue weighted by atomic mass is 16.5. The molecule has 6 heteroatoms. The van der Waals surface area contributed by atoms with E-state index in [-0.39, 0.29) is 24.2 Å². The lowest BCUT2D eigenvalue weighted by molar-refractivity contribution is -0.0186. The lowest BCUT2D eigenvalue weighted by Gasteiger charge is -2.34. The Balaban J connectivity index is 2.23. The average Bonchev–Trinajstić information content (AvgIpc) is 2.46. The summed E-state index contributed by atoms with van der Waals surface area (Å²) >= 11 is 0. The van der Waals surface area contributed by atoms with Crippen molar-refractivity contribution in [3.05, 3.63) is 29.1 Å². The fourth-order valence-electron chi connectivity index (χ4n) is 2.02. The van der Waals surface area contributed by atoms with Crippen molar-refractivity contribution in [3.63, 3.8) is 0 Å². The molecule has 1 unspecified atom stereocenters. The van der Waals surface area contributed by atoms with Gasteiger partial charge in [-0.05, 0) is 19.1 Å². The van der Waals surface area contributed by atoms with Gasteiger partial charge >= 0.3 is 0 Å². The maximum atomic E-state index is 12.3. The molecule has 2 rings (SSSR count). The predicted molar refractivity (Wildman–Crippen MR) is 66.4 cm³/mol. The number of rotatable bonds is 2. The van der Waals surface area contributed by atoms with Crippen LogP contribution in [0.4, 0.5) is 0 Å². The van der Waals surface area contributed by atoms with E-state index in [2.05, 4.69) is 4.98 Å². The van der Waals surface area contributed by atoms with E-state index in [1.807, 2.05) is 6.07 Å². The Hall–Kier alpha value is -1.97. The fourth-order valence-corrected chi connectivity index (χ4v) is 2.02. The molecule has 1 amide bonds. The molecule has 1 saturated heterocycles. The highest BCUT2D eigenvalue weighted by Crippen LogP contribution is 2.13. The summed E-state index contributed by atoms with van der Waals surface area (Å²) in [6, 6.07) is 4.81. The molecule has 100 valence electrons. The number of hydrogen-bond donors (Lipinski definition) is 1. The third-order valence-electron chi connectivity index (χ3n) is 3.12. The summed E-state index contributed by atoms with van der Waals surface area (Å²) in [5.74, 6) is -0.241. The van der Waals surface area contributed by atoms with Crippen LogP contribution in [0.2, 0.25) is 0 Å². The Morgan fingerprint density at radius 3 is 3.11 bits per heavy atom. The van der Waals surface area contributed by atoms with E-state index >= 15 is 0 Å². The number of carbonyl (C=O) groups excluding carboxylic acids is 1. The summed E-state index contributed by atoms with van der Waals surface area (Å²) in [7, 11) is 0. The smallest absolute Gasteiger partial charge is 0.272 e. The summed E-state index contributed by atoms with van der Waals surface area (Å²) in [6.07, 6.45) is 0. The molecule has 6 nitrogen and oxygen atoms in total. The summed E-state index contributed by atoms with van der Waals surface area (Å²) in [5, 5.41) is 18.1. The van der Waals surface area contributed by atoms with Crippen LogP contribution in [0, 0.1) is 18.3 Å². The first-order valence-corrected chi connectivity index (χ1v) is 6.04. The second kappa shape index (κ2) is 5.78. The molecule has 1 N–H and O–H groups in total. The third kappa shape index (κ3) is 2.72. The van der Waals surface area contributed by atoms with Crippen LogP contribution >= 0.6 is 0 Å². The van der Waals surface area contributed by atoms with Crippen LogP contribution in [-0.2, 0) is 4.74 Å². The number of aliphatic hydroxyl groups excluding tert-OH is 1. The van der Waals surface area contributed by atoms with Gasteiger partial charge in [0.05, 0.1) is 37.1 Å². The minimum Gasteiger partial charge on any atom is -0.394 e. The molecule has 1 aliphatic heterocycles. The van der Waals surface area contributed by atoms with Crippen molar-refractivity contribution < 1.29 is 14.6 Å². The Labute approximate surface area is 111 Å². The molecule has 19 heavy (non-hydrogen) atoms. The number of pyridine rings is 1. The number of aromatic nitrogens is 1. The molecule has 0 aliphatic carbocycles. The van der Waals surface area contributed by atoms with Gasteiger partial charge in [-0.1, -0.05) is 0 Å². The van der Waals surface area contributed by atoms with E-state index in [0.29, 0.717) is 31.0 Å². The molecule has 0 spiro atoms. The van der Waals surface area contributed by atoms with Gasteiger partial charge in [0.2, 0.25) is 0 Å². The second-order valence-electron chi connectivity index (χ2n) is 4.35. The van der Waals surface area contributed by atoms with Crippen molar-refractivity contribution in [1.29, 1.82) is 5.26 Å². The van der Waals surface area contributed by atoms with Crippen molar-refractivity contribution in [2.75, 3.05) is 26.4 Å². The van der Waals surface area contributed by atoms with E-state index in [4.69, 9.17) is 10.00 Å². The van der Waals surface area contributed by atoms with Crippen LogP contribution in [0.3, 0.4) is 0 Å². The molecular weight excluding hydrogens is 246 g/mol. The van der Waals surface area contributed by atoms with Crippen molar-refractivity contribution in [2.45, 2.75) is 13.0 Å². The minimum atomic E-state index is -0.334. The van der Waals surface area contributed by atoms with Gasteiger partial charge in [0.25, 0.3) is 5.91 Å². The Morgan fingerprint density at radius 2 is 2.47 bits per heavy atom. The summed E-state index contributed by atoms with van der Waals surface area (Å²) in [4.78, 5) is 18.1. The molecule has 0 radical (unpaired) electrons. The van der Waals surface area contributed by atoms with E-state index in [9.17, 15) is 9.90 Å². The van der Waals surface area contributed by atoms with Gasteiger partial charge in [-0.25, -0.2) is 4.98 Å². The number of morpholine rings is 1. The van der Waals surface area contributed by atoms with Gasteiger partial charge in [0.15, 0.2) is 0 Å². The summed E-state index contributed by atoms with van der Waals surface area (Å²) in [5.41, 5.74) is 1.27. The van der Waals surface area contributed by atoms with E-state index in [1.165, 1.54) is 6.07 Å². The first-order chi connectivity index (χ1) is 9.17. The number of nitrogens with zero attached hydrogens (tertiary/aromatic N) is 3. The lowest BCUT2D eigenvalue weighted by Crippen LogP contribution is -2.50. The predicted octanol–water partition coefficient (Wildman–Crippen LogP) is 0.0950. The largest absolute Gasteiger partial charge is 0.394 e. The summed E-state index contributed by atoms with van der Waals surface area (Å²) < 4.78 is 5.23. The molecule has 0 bridgehead atoms.